The van der Waals surface area contributed by atoms with Gasteiger partial charge in [0, 0.05) is 38.6 Å². The van der Waals surface area contributed by atoms with Crippen LogP contribution >= 0.6 is 0 Å². The van der Waals surface area contributed by atoms with E-state index in [-0.39, 0.29) is 5.41 Å². The van der Waals surface area contributed by atoms with Crippen molar-refractivity contribution in [3.63, 3.8) is 0 Å². The van der Waals surface area contributed by atoms with E-state index in [2.05, 4.69) is 205 Å². The number of hydrogen-bond donors (Lipinski definition) is 0. The summed E-state index contributed by atoms with van der Waals surface area (Å²) in [5.41, 5.74) is 15.7. The first-order valence-corrected chi connectivity index (χ1v) is 21.8. The molecule has 2 bridgehead atoms. The van der Waals surface area contributed by atoms with Gasteiger partial charge < -0.3 is 9.47 Å². The highest BCUT2D eigenvalue weighted by Crippen LogP contribution is 2.64. The van der Waals surface area contributed by atoms with Crippen molar-refractivity contribution in [3.05, 3.63) is 193 Å². The highest BCUT2D eigenvalue weighted by Gasteiger charge is 2.56. The Balaban J connectivity index is 1.01. The average molecular weight is 761 g/mol. The zero-order valence-corrected chi connectivity index (χ0v) is 33.9. The van der Waals surface area contributed by atoms with Crippen LogP contribution in [0.4, 0.5) is 17.1 Å². The normalized spacial score (nSPS) is 21.9. The Hall–Kier alpha value is -6.38. The lowest BCUT2D eigenvalue weighted by atomic mass is 9.49. The van der Waals surface area contributed by atoms with E-state index < -0.39 is 0 Å². The predicted octanol–water partition coefficient (Wildman–Crippen LogP) is 15.4. The number of rotatable bonds is 5. The van der Waals surface area contributed by atoms with Crippen LogP contribution in [0.1, 0.15) is 50.7 Å². The molecule has 3 aliphatic rings. The van der Waals surface area contributed by atoms with E-state index >= 15 is 0 Å². The van der Waals surface area contributed by atoms with E-state index in [4.69, 9.17) is 0 Å². The summed E-state index contributed by atoms with van der Waals surface area (Å²) in [6.07, 6.45) is 5.42. The van der Waals surface area contributed by atoms with Gasteiger partial charge in [0.25, 0.3) is 0 Å². The molecule has 0 N–H and O–H groups in total. The number of para-hydroxylation sites is 2. The lowest BCUT2D eigenvalue weighted by Crippen LogP contribution is -2.49. The molecule has 0 saturated heterocycles. The van der Waals surface area contributed by atoms with Crippen LogP contribution in [0, 0.1) is 23.7 Å². The minimum atomic E-state index is 0.0824. The molecule has 5 atom stereocenters. The minimum absolute atomic E-state index is 0.0824. The molecule has 2 heteroatoms. The molecule has 8 aromatic carbocycles. The molecule has 2 saturated carbocycles. The van der Waals surface area contributed by atoms with Crippen LogP contribution in [0.5, 0.6) is 0 Å². The van der Waals surface area contributed by atoms with Crippen molar-refractivity contribution in [2.45, 2.75) is 44.9 Å². The summed E-state index contributed by atoms with van der Waals surface area (Å²) in [6, 6.07) is 68.2. The first-order chi connectivity index (χ1) is 29.1. The number of benzene rings is 8. The van der Waals surface area contributed by atoms with Gasteiger partial charge in [0.2, 0.25) is 0 Å². The third kappa shape index (κ3) is 5.18. The average Bonchev–Trinajstić information content (AvgIpc) is 3.76. The Labute approximate surface area is 347 Å². The number of aromatic nitrogens is 1. The Morgan fingerprint density at radius 2 is 1.19 bits per heavy atom. The molecule has 1 aromatic heterocycles. The largest absolute Gasteiger partial charge is 0.310 e. The van der Waals surface area contributed by atoms with Crippen molar-refractivity contribution in [3.8, 4) is 27.9 Å². The number of nitrogens with zero attached hydrogens (tertiary/aromatic N) is 2. The molecule has 286 valence electrons. The summed E-state index contributed by atoms with van der Waals surface area (Å²) in [5, 5.41) is 4.98. The van der Waals surface area contributed by atoms with E-state index in [1.54, 1.807) is 11.1 Å². The molecule has 5 unspecified atom stereocenters. The van der Waals surface area contributed by atoms with Crippen LogP contribution in [-0.4, -0.2) is 4.57 Å². The van der Waals surface area contributed by atoms with Crippen molar-refractivity contribution in [2.75, 3.05) is 4.90 Å². The van der Waals surface area contributed by atoms with Crippen LogP contribution in [0.2, 0.25) is 0 Å². The molecule has 59 heavy (non-hydrogen) atoms. The lowest BCUT2D eigenvalue weighted by molar-refractivity contribution is 0.0426. The second kappa shape index (κ2) is 13.3. The minimum Gasteiger partial charge on any atom is -0.310 e. The molecule has 0 amide bonds. The van der Waals surface area contributed by atoms with Crippen molar-refractivity contribution in [2.24, 2.45) is 23.7 Å². The quantitative estimate of drug-likeness (QED) is 0.170. The van der Waals surface area contributed by atoms with E-state index in [1.165, 1.54) is 86.2 Å². The summed E-state index contributed by atoms with van der Waals surface area (Å²) < 4.78 is 2.42. The lowest BCUT2D eigenvalue weighted by Gasteiger charge is -2.54. The summed E-state index contributed by atoms with van der Waals surface area (Å²) >= 11 is 0. The maximum absolute atomic E-state index is 2.60. The van der Waals surface area contributed by atoms with Crippen LogP contribution in [0.3, 0.4) is 0 Å². The fraction of sp³-hybridized carbons (Fsp3) is 0.193. The first kappa shape index (κ1) is 34.6. The van der Waals surface area contributed by atoms with Gasteiger partial charge in [0.05, 0.1) is 16.7 Å². The zero-order valence-electron chi connectivity index (χ0n) is 33.9. The maximum atomic E-state index is 2.60. The van der Waals surface area contributed by atoms with Crippen LogP contribution in [0.25, 0.3) is 60.5 Å². The molecular weight excluding hydrogens is 713 g/mol. The molecule has 9 aromatic rings. The Kier molecular flexibility index (Phi) is 7.83. The molecule has 0 aliphatic heterocycles. The summed E-state index contributed by atoms with van der Waals surface area (Å²) in [5.74, 6) is 2.96. The molecule has 12 rings (SSSR count). The molecule has 3 aliphatic carbocycles. The van der Waals surface area contributed by atoms with Crippen molar-refractivity contribution in [1.82, 2.24) is 4.57 Å². The van der Waals surface area contributed by atoms with Gasteiger partial charge in [0.15, 0.2) is 0 Å². The topological polar surface area (TPSA) is 8.17 Å². The van der Waals surface area contributed by atoms with E-state index in [0.29, 0.717) is 11.8 Å². The standard InChI is InChI=1S/C57H48N2/c1-37-31-39-33-38(2)57(43(32-37)34-39)52-20-10-8-18-48(52)49-29-25-42(35-53(49)57)40-23-26-45(27-24-40)58(54-22-12-14-41-13-6-7-17-47(41)54)46-28-30-51-50-19-9-11-21-55(50)59(56(51)36-46)44-15-4-3-5-16-44/h3-30,35-39,43H,31-34H2,1-2H3. The van der Waals surface area contributed by atoms with Crippen LogP contribution in [0.15, 0.2) is 182 Å². The monoisotopic (exact) mass is 760 g/mol. The fourth-order valence-corrected chi connectivity index (χ4v) is 12.5. The number of anilines is 3. The number of hydrogen-bond acceptors (Lipinski definition) is 1. The van der Waals surface area contributed by atoms with E-state index in [9.17, 15) is 0 Å². The van der Waals surface area contributed by atoms with Gasteiger partial charge in [-0.25, -0.2) is 0 Å². The Morgan fingerprint density at radius 3 is 2.07 bits per heavy atom. The highest BCUT2D eigenvalue weighted by molar-refractivity contribution is 6.11. The zero-order chi connectivity index (χ0) is 39.2. The second-order valence-electron chi connectivity index (χ2n) is 18.0. The number of fused-ring (bicyclic) bond motifs is 12. The maximum Gasteiger partial charge on any atom is 0.0561 e. The molecule has 2 nitrogen and oxygen atoms in total. The van der Waals surface area contributed by atoms with Gasteiger partial charge in [-0.1, -0.05) is 141 Å². The van der Waals surface area contributed by atoms with Gasteiger partial charge >= 0.3 is 0 Å². The van der Waals surface area contributed by atoms with Crippen molar-refractivity contribution >= 4 is 49.6 Å². The Bertz CT molecular complexity index is 3050. The van der Waals surface area contributed by atoms with E-state index in [1.807, 2.05) is 0 Å². The van der Waals surface area contributed by atoms with Gasteiger partial charge in [-0.3, -0.25) is 0 Å². The smallest absolute Gasteiger partial charge is 0.0561 e. The highest BCUT2D eigenvalue weighted by atomic mass is 15.1. The van der Waals surface area contributed by atoms with Crippen LogP contribution < -0.4 is 4.90 Å². The molecule has 1 heterocycles. The van der Waals surface area contributed by atoms with Gasteiger partial charge in [-0.05, 0) is 143 Å². The molecule has 1 spiro atoms. The van der Waals surface area contributed by atoms with Crippen molar-refractivity contribution in [1.29, 1.82) is 0 Å². The van der Waals surface area contributed by atoms with Gasteiger partial charge in [-0.15, -0.1) is 0 Å². The first-order valence-electron chi connectivity index (χ1n) is 21.8. The SMILES string of the molecule is CC1CC2CC(C)C3(c4ccccc4-c4ccc(-c5ccc(N(c6ccc7c8ccccc8n(-c8ccccc8)c7c6)c6cccc7ccccc67)cc5)cc43)C(C1)C2. The summed E-state index contributed by atoms with van der Waals surface area (Å²) in [4.78, 5) is 2.46. The Morgan fingerprint density at radius 1 is 0.492 bits per heavy atom. The van der Waals surface area contributed by atoms with Gasteiger partial charge in [-0.2, -0.15) is 0 Å². The third-order valence-electron chi connectivity index (χ3n) is 14.7. The fourth-order valence-electron chi connectivity index (χ4n) is 12.5. The third-order valence-corrected chi connectivity index (χ3v) is 14.7. The van der Waals surface area contributed by atoms with Crippen molar-refractivity contribution < 1.29 is 0 Å². The summed E-state index contributed by atoms with van der Waals surface area (Å²) in [6.45, 7) is 5.08. The second-order valence-corrected chi connectivity index (χ2v) is 18.0. The predicted molar refractivity (Wildman–Crippen MR) is 248 cm³/mol. The molecular formula is C57H48N2. The molecule has 0 radical (unpaired) electrons. The summed E-state index contributed by atoms with van der Waals surface area (Å²) in [7, 11) is 0. The van der Waals surface area contributed by atoms with Crippen LogP contribution in [-0.2, 0) is 5.41 Å². The van der Waals surface area contributed by atoms with E-state index in [0.717, 1.165) is 28.9 Å². The van der Waals surface area contributed by atoms with Gasteiger partial charge in [0.1, 0.15) is 0 Å². The molecule has 2 fully saturated rings.